The lowest BCUT2D eigenvalue weighted by Gasteiger charge is -2.40. The van der Waals surface area contributed by atoms with Gasteiger partial charge in [0.1, 0.15) is 22.5 Å². The van der Waals surface area contributed by atoms with E-state index in [4.69, 9.17) is 19.6 Å². The van der Waals surface area contributed by atoms with Gasteiger partial charge in [0.15, 0.2) is 11.2 Å². The van der Waals surface area contributed by atoms with Crippen LogP contribution in [0, 0.1) is 0 Å². The maximum atomic E-state index is 13.8. The topological polar surface area (TPSA) is 112 Å². The van der Waals surface area contributed by atoms with Gasteiger partial charge in [0.2, 0.25) is 0 Å². The van der Waals surface area contributed by atoms with Gasteiger partial charge in [0.25, 0.3) is 0 Å². The molecule has 0 radical (unpaired) electrons. The first kappa shape index (κ1) is 20.6. The molecule has 3 aromatic rings. The highest BCUT2D eigenvalue weighted by Crippen LogP contribution is 2.55. The molecule has 3 heterocycles. The Bertz CT molecular complexity index is 1440. The van der Waals surface area contributed by atoms with Crippen LogP contribution in [-0.2, 0) is 19.7 Å². The van der Waals surface area contributed by atoms with E-state index in [1.165, 1.54) is 0 Å². The number of esters is 2. The number of ether oxygens (including phenoxy) is 2. The molecule has 166 valence electrons. The lowest BCUT2D eigenvalue weighted by atomic mass is 9.67. The van der Waals surface area contributed by atoms with E-state index in [2.05, 4.69) is 6.58 Å². The molecule has 8 heteroatoms. The van der Waals surface area contributed by atoms with E-state index in [0.29, 0.717) is 16.6 Å². The molecule has 2 N–H and O–H groups in total. The molecule has 1 spiro atoms. The van der Waals surface area contributed by atoms with E-state index in [-0.39, 0.29) is 41.4 Å². The molecule has 1 unspecified atom stereocenters. The van der Waals surface area contributed by atoms with Gasteiger partial charge in [0, 0.05) is 17.8 Å². The van der Waals surface area contributed by atoms with E-state index in [9.17, 15) is 14.4 Å². The summed E-state index contributed by atoms with van der Waals surface area (Å²) in [4.78, 5) is 42.1. The van der Waals surface area contributed by atoms with E-state index in [1.807, 2.05) is 0 Å². The van der Waals surface area contributed by atoms with Crippen LogP contribution < -0.4 is 21.0 Å². The van der Waals surface area contributed by atoms with Crippen LogP contribution in [0.1, 0.15) is 18.1 Å². The SMILES string of the molecule is C=CCN1C(N)=C(C(=O)OCC)C2(C(=O)Oc3c2c(=O)oc2ccccc32)c2ccccc21. The zero-order valence-electron chi connectivity index (χ0n) is 17.8. The minimum absolute atomic E-state index is 0.0237. The molecule has 2 aromatic carbocycles. The number of para-hydroxylation sites is 2. The van der Waals surface area contributed by atoms with E-state index in [0.717, 1.165) is 0 Å². The van der Waals surface area contributed by atoms with Gasteiger partial charge in [-0.1, -0.05) is 36.4 Å². The summed E-state index contributed by atoms with van der Waals surface area (Å²) >= 11 is 0. The molecule has 0 bridgehead atoms. The molecule has 8 nitrogen and oxygen atoms in total. The lowest BCUT2D eigenvalue weighted by molar-refractivity contribution is -0.143. The Labute approximate surface area is 188 Å². The zero-order valence-corrected chi connectivity index (χ0v) is 17.8. The second kappa shape index (κ2) is 7.37. The summed E-state index contributed by atoms with van der Waals surface area (Å²) in [6, 6.07) is 13.6. The number of hydrogen-bond donors (Lipinski definition) is 1. The number of carbonyl (C=O) groups is 2. The van der Waals surface area contributed by atoms with E-state index < -0.39 is 23.0 Å². The average Bonchev–Trinajstić information content (AvgIpc) is 3.11. The lowest BCUT2D eigenvalue weighted by Crippen LogP contribution is -2.50. The fourth-order valence-electron chi connectivity index (χ4n) is 4.70. The van der Waals surface area contributed by atoms with Gasteiger partial charge in [-0.25, -0.2) is 14.4 Å². The van der Waals surface area contributed by atoms with Crippen molar-refractivity contribution in [3.8, 4) is 5.75 Å². The molecule has 2 aliphatic rings. The summed E-state index contributed by atoms with van der Waals surface area (Å²) in [6.45, 7) is 5.71. The van der Waals surface area contributed by atoms with Crippen LogP contribution in [0.15, 0.2) is 81.8 Å². The molecule has 5 rings (SSSR count). The second-order valence-corrected chi connectivity index (χ2v) is 7.63. The first-order chi connectivity index (χ1) is 16.0. The van der Waals surface area contributed by atoms with Crippen molar-refractivity contribution in [2.45, 2.75) is 12.3 Å². The number of anilines is 1. The van der Waals surface area contributed by atoms with Crippen LogP contribution in [0.25, 0.3) is 11.0 Å². The summed E-state index contributed by atoms with van der Waals surface area (Å²) < 4.78 is 16.6. The number of benzene rings is 2. The Morgan fingerprint density at radius 3 is 2.67 bits per heavy atom. The molecule has 0 amide bonds. The average molecular weight is 444 g/mol. The van der Waals surface area contributed by atoms with Crippen LogP contribution in [0.2, 0.25) is 0 Å². The van der Waals surface area contributed by atoms with E-state index >= 15 is 0 Å². The van der Waals surface area contributed by atoms with Crippen molar-refractivity contribution in [3.05, 3.63) is 94.1 Å². The molecule has 2 aliphatic heterocycles. The summed E-state index contributed by atoms with van der Waals surface area (Å²) in [6.07, 6.45) is 1.62. The van der Waals surface area contributed by atoms with Gasteiger partial charge in [-0.3, -0.25) is 0 Å². The highest BCUT2D eigenvalue weighted by Gasteiger charge is 2.62. The fourth-order valence-corrected chi connectivity index (χ4v) is 4.70. The number of nitrogens with zero attached hydrogens (tertiary/aromatic N) is 1. The van der Waals surface area contributed by atoms with Crippen molar-refractivity contribution in [1.82, 2.24) is 0 Å². The van der Waals surface area contributed by atoms with Crippen molar-refractivity contribution in [1.29, 1.82) is 0 Å². The maximum Gasteiger partial charge on any atom is 0.345 e. The quantitative estimate of drug-likeness (QED) is 0.371. The van der Waals surface area contributed by atoms with Crippen LogP contribution in [0.4, 0.5) is 5.69 Å². The molecule has 33 heavy (non-hydrogen) atoms. The third-order valence-corrected chi connectivity index (χ3v) is 5.95. The zero-order chi connectivity index (χ0) is 23.3. The first-order valence-corrected chi connectivity index (χ1v) is 10.4. The monoisotopic (exact) mass is 444 g/mol. The van der Waals surface area contributed by atoms with Gasteiger partial charge < -0.3 is 24.5 Å². The van der Waals surface area contributed by atoms with Crippen molar-refractivity contribution >= 4 is 28.6 Å². The maximum absolute atomic E-state index is 13.8. The van der Waals surface area contributed by atoms with Crippen LogP contribution >= 0.6 is 0 Å². The van der Waals surface area contributed by atoms with Crippen LogP contribution in [0.5, 0.6) is 5.75 Å². The molecule has 0 fully saturated rings. The van der Waals surface area contributed by atoms with Gasteiger partial charge in [0.05, 0.1) is 12.0 Å². The number of nitrogens with two attached hydrogens (primary N) is 1. The predicted octanol–water partition coefficient (Wildman–Crippen LogP) is 2.74. The Balaban J connectivity index is 1.97. The van der Waals surface area contributed by atoms with Crippen molar-refractivity contribution in [2.75, 3.05) is 18.1 Å². The highest BCUT2D eigenvalue weighted by molar-refractivity contribution is 6.12. The first-order valence-electron chi connectivity index (χ1n) is 10.4. The van der Waals surface area contributed by atoms with Gasteiger partial charge in [-0.2, -0.15) is 0 Å². The highest BCUT2D eigenvalue weighted by atomic mass is 16.6. The Morgan fingerprint density at radius 1 is 1.18 bits per heavy atom. The Kier molecular flexibility index (Phi) is 4.59. The normalized spacial score (nSPS) is 18.8. The van der Waals surface area contributed by atoms with Crippen molar-refractivity contribution in [3.63, 3.8) is 0 Å². The van der Waals surface area contributed by atoms with Crippen LogP contribution in [-0.4, -0.2) is 25.1 Å². The third-order valence-electron chi connectivity index (χ3n) is 5.95. The molecular formula is C25H20N2O6. The molecule has 1 aromatic heterocycles. The summed E-state index contributed by atoms with van der Waals surface area (Å²) in [5.74, 6) is -1.62. The summed E-state index contributed by atoms with van der Waals surface area (Å²) in [5.41, 5.74) is 4.67. The second-order valence-electron chi connectivity index (χ2n) is 7.63. The molecule has 0 saturated heterocycles. The van der Waals surface area contributed by atoms with Gasteiger partial charge in [-0.15, -0.1) is 6.58 Å². The summed E-state index contributed by atoms with van der Waals surface area (Å²) in [5, 5.41) is 0.435. The summed E-state index contributed by atoms with van der Waals surface area (Å²) in [7, 11) is 0. The van der Waals surface area contributed by atoms with Gasteiger partial charge >= 0.3 is 17.6 Å². The molecular weight excluding hydrogens is 424 g/mol. The number of fused-ring (bicyclic) bond motifs is 6. The van der Waals surface area contributed by atoms with Crippen LogP contribution in [0.3, 0.4) is 0 Å². The Morgan fingerprint density at radius 2 is 1.91 bits per heavy atom. The van der Waals surface area contributed by atoms with Crippen molar-refractivity contribution < 1.29 is 23.5 Å². The predicted molar refractivity (Wildman–Crippen MR) is 121 cm³/mol. The fraction of sp³-hybridized carbons (Fsp3) is 0.160. The molecule has 0 aliphatic carbocycles. The largest absolute Gasteiger partial charge is 0.462 e. The van der Waals surface area contributed by atoms with E-state index in [1.54, 1.807) is 66.4 Å². The molecule has 0 saturated carbocycles. The number of hydrogen-bond acceptors (Lipinski definition) is 8. The van der Waals surface area contributed by atoms with Crippen molar-refractivity contribution in [2.24, 2.45) is 5.73 Å². The minimum Gasteiger partial charge on any atom is -0.462 e. The third kappa shape index (κ3) is 2.60. The minimum atomic E-state index is -1.94. The Hall–Kier alpha value is -4.33. The smallest absolute Gasteiger partial charge is 0.345 e. The number of rotatable bonds is 4. The number of carbonyl (C=O) groups excluding carboxylic acids is 2. The van der Waals surface area contributed by atoms with Gasteiger partial charge in [-0.05, 0) is 25.1 Å². The molecule has 1 atom stereocenters. The standard InChI is InChI=1S/C25H20N2O6/c1-3-13-27-16-11-7-6-10-15(16)25(19(21(27)26)22(28)31-4-2)18-20(33-24(25)30)14-9-5-8-12-17(14)32-23(18)29/h3,5-12H,1,4,13,26H2,2H3.